The Bertz CT molecular complexity index is 1070. The first-order valence-corrected chi connectivity index (χ1v) is 13.7. The van der Waals surface area contributed by atoms with Crippen molar-refractivity contribution < 1.29 is 23.9 Å². The van der Waals surface area contributed by atoms with Crippen LogP contribution in [0.15, 0.2) is 59.5 Å². The maximum absolute atomic E-state index is 13.8. The van der Waals surface area contributed by atoms with E-state index in [0.29, 0.717) is 30.9 Å². The van der Waals surface area contributed by atoms with Crippen molar-refractivity contribution in [3.63, 3.8) is 0 Å². The fourth-order valence-electron chi connectivity index (χ4n) is 3.96. The molecule has 3 rings (SSSR count). The molecular weight excluding hydrogens is 488 g/mol. The highest BCUT2D eigenvalue weighted by atomic mass is 32.2. The molecule has 37 heavy (non-hydrogen) atoms. The average molecular weight is 527 g/mol. The summed E-state index contributed by atoms with van der Waals surface area (Å²) in [5.74, 6) is -0.515. The summed E-state index contributed by atoms with van der Waals surface area (Å²) in [5.41, 5.74) is 1.10. The fourth-order valence-corrected chi connectivity index (χ4v) is 5.04. The number of benzene rings is 2. The van der Waals surface area contributed by atoms with Crippen LogP contribution in [0.25, 0.3) is 0 Å². The molecule has 2 aromatic carbocycles. The molecule has 7 nitrogen and oxygen atoms in total. The van der Waals surface area contributed by atoms with Crippen LogP contribution in [-0.4, -0.2) is 54.4 Å². The quantitative estimate of drug-likeness (QED) is 0.452. The van der Waals surface area contributed by atoms with Crippen molar-refractivity contribution in [1.82, 2.24) is 5.32 Å². The Morgan fingerprint density at radius 1 is 1.08 bits per heavy atom. The molecule has 8 heteroatoms. The van der Waals surface area contributed by atoms with Crippen LogP contribution in [0.1, 0.15) is 46.6 Å². The number of esters is 2. The number of amides is 1. The lowest BCUT2D eigenvalue weighted by Gasteiger charge is -2.29. The van der Waals surface area contributed by atoms with Gasteiger partial charge in [-0.15, -0.1) is 11.8 Å². The van der Waals surface area contributed by atoms with Gasteiger partial charge in [-0.25, -0.2) is 0 Å². The van der Waals surface area contributed by atoms with Gasteiger partial charge in [0.2, 0.25) is 5.91 Å². The van der Waals surface area contributed by atoms with Crippen LogP contribution < -0.4 is 10.2 Å². The number of rotatable bonds is 10. The normalized spacial score (nSPS) is 16.6. The molecule has 0 spiro atoms. The second-order valence-electron chi connectivity index (χ2n) is 10.6. The topological polar surface area (TPSA) is 84.9 Å². The highest BCUT2D eigenvalue weighted by Gasteiger charge is 2.35. The van der Waals surface area contributed by atoms with Gasteiger partial charge in [0.15, 0.2) is 0 Å². The molecule has 0 aromatic heterocycles. The SMILES string of the molecule is CC(C)COC(=O)[C@@H](CCc1ccccc1)NC1CSc2ccccc2N(CC(=O)OC(C)(C)C)C1=O. The number of thioether (sulfide) groups is 1. The van der Waals surface area contributed by atoms with Gasteiger partial charge >= 0.3 is 11.9 Å². The van der Waals surface area contributed by atoms with E-state index in [9.17, 15) is 14.4 Å². The molecule has 2 aromatic rings. The first-order chi connectivity index (χ1) is 17.5. The molecule has 0 bridgehead atoms. The minimum Gasteiger partial charge on any atom is -0.464 e. The Balaban J connectivity index is 1.82. The molecule has 1 aliphatic heterocycles. The Hall–Kier alpha value is -2.84. The van der Waals surface area contributed by atoms with Crippen LogP contribution >= 0.6 is 11.8 Å². The predicted octanol–water partition coefficient (Wildman–Crippen LogP) is 4.63. The lowest BCUT2D eigenvalue weighted by Crippen LogP contribution is -2.54. The summed E-state index contributed by atoms with van der Waals surface area (Å²) in [7, 11) is 0. The number of carbonyl (C=O) groups excluding carboxylic acids is 3. The Morgan fingerprint density at radius 2 is 1.76 bits per heavy atom. The predicted molar refractivity (Wildman–Crippen MR) is 147 cm³/mol. The lowest BCUT2D eigenvalue weighted by atomic mass is 10.0. The maximum atomic E-state index is 13.8. The zero-order valence-corrected chi connectivity index (χ0v) is 23.2. The number of hydrogen-bond acceptors (Lipinski definition) is 7. The van der Waals surface area contributed by atoms with Crippen LogP contribution in [0, 0.1) is 5.92 Å². The molecule has 0 saturated heterocycles. The fraction of sp³-hybridized carbons (Fsp3) is 0.483. The molecule has 1 aliphatic rings. The van der Waals surface area contributed by atoms with Crippen LogP contribution in [0.2, 0.25) is 0 Å². The molecule has 1 unspecified atom stereocenters. The number of nitrogens with zero attached hydrogens (tertiary/aromatic N) is 1. The number of ether oxygens (including phenoxy) is 2. The second-order valence-corrected chi connectivity index (χ2v) is 11.7. The molecule has 200 valence electrons. The Labute approximate surface area is 224 Å². The minimum absolute atomic E-state index is 0.201. The number of anilines is 1. The number of carbonyl (C=O) groups is 3. The van der Waals surface area contributed by atoms with Gasteiger partial charge in [0.1, 0.15) is 18.2 Å². The van der Waals surface area contributed by atoms with Crippen molar-refractivity contribution in [2.24, 2.45) is 5.92 Å². The van der Waals surface area contributed by atoms with Crippen LogP contribution in [-0.2, 0) is 30.3 Å². The maximum Gasteiger partial charge on any atom is 0.326 e. The van der Waals surface area contributed by atoms with Gasteiger partial charge in [-0.2, -0.15) is 0 Å². The summed E-state index contributed by atoms with van der Waals surface area (Å²) in [6, 6.07) is 16.1. The molecule has 1 amide bonds. The van der Waals surface area contributed by atoms with Crippen molar-refractivity contribution in [2.75, 3.05) is 23.8 Å². The number of nitrogens with one attached hydrogen (secondary N) is 1. The van der Waals surface area contributed by atoms with Crippen molar-refractivity contribution >= 4 is 35.3 Å². The number of aryl methyl sites for hydroxylation is 1. The van der Waals surface area contributed by atoms with E-state index < -0.39 is 23.7 Å². The van der Waals surface area contributed by atoms with Crippen molar-refractivity contribution in [2.45, 2.75) is 70.0 Å². The van der Waals surface area contributed by atoms with E-state index in [4.69, 9.17) is 9.47 Å². The smallest absolute Gasteiger partial charge is 0.326 e. The van der Waals surface area contributed by atoms with Gasteiger partial charge in [0.25, 0.3) is 0 Å². The second kappa shape index (κ2) is 13.1. The first-order valence-electron chi connectivity index (χ1n) is 12.7. The molecule has 0 saturated carbocycles. The molecule has 0 fully saturated rings. The third-order valence-electron chi connectivity index (χ3n) is 5.64. The zero-order valence-electron chi connectivity index (χ0n) is 22.4. The van der Waals surface area contributed by atoms with E-state index in [2.05, 4.69) is 5.32 Å². The Morgan fingerprint density at radius 3 is 2.43 bits per heavy atom. The van der Waals surface area contributed by atoms with Gasteiger partial charge < -0.3 is 9.47 Å². The first kappa shape index (κ1) is 28.7. The summed E-state index contributed by atoms with van der Waals surface area (Å²) in [5, 5.41) is 3.29. The van der Waals surface area contributed by atoms with E-state index >= 15 is 0 Å². The molecule has 1 heterocycles. The third-order valence-corrected chi connectivity index (χ3v) is 6.80. The summed E-state index contributed by atoms with van der Waals surface area (Å²) in [4.78, 5) is 42.0. The monoisotopic (exact) mass is 526 g/mol. The molecule has 0 radical (unpaired) electrons. The summed E-state index contributed by atoms with van der Waals surface area (Å²) in [6.45, 7) is 9.45. The zero-order chi connectivity index (χ0) is 27.0. The highest BCUT2D eigenvalue weighted by Crippen LogP contribution is 2.34. The summed E-state index contributed by atoms with van der Waals surface area (Å²) < 4.78 is 11.1. The minimum atomic E-state index is -0.688. The van der Waals surface area contributed by atoms with Gasteiger partial charge in [0.05, 0.1) is 18.3 Å². The van der Waals surface area contributed by atoms with Gasteiger partial charge in [-0.3, -0.25) is 24.6 Å². The summed E-state index contributed by atoms with van der Waals surface area (Å²) >= 11 is 1.52. The van der Waals surface area contributed by atoms with E-state index in [1.807, 2.05) is 68.4 Å². The van der Waals surface area contributed by atoms with Gasteiger partial charge in [-0.1, -0.05) is 56.3 Å². The highest BCUT2D eigenvalue weighted by molar-refractivity contribution is 7.99. The Kier molecular flexibility index (Phi) is 10.2. The van der Waals surface area contributed by atoms with E-state index in [1.54, 1.807) is 20.8 Å². The number of para-hydroxylation sites is 1. The molecule has 2 atom stereocenters. The summed E-state index contributed by atoms with van der Waals surface area (Å²) in [6.07, 6.45) is 1.14. The average Bonchev–Trinajstić information content (AvgIpc) is 2.96. The lowest BCUT2D eigenvalue weighted by molar-refractivity contribution is -0.154. The molecule has 0 aliphatic carbocycles. The third kappa shape index (κ3) is 8.90. The van der Waals surface area contributed by atoms with E-state index in [-0.39, 0.29) is 24.3 Å². The largest absolute Gasteiger partial charge is 0.464 e. The number of fused-ring (bicyclic) bond motifs is 1. The van der Waals surface area contributed by atoms with Gasteiger partial charge in [0, 0.05) is 10.6 Å². The van der Waals surface area contributed by atoms with Crippen molar-refractivity contribution in [3.8, 4) is 0 Å². The van der Waals surface area contributed by atoms with E-state index in [0.717, 1.165) is 10.5 Å². The van der Waals surface area contributed by atoms with Gasteiger partial charge in [-0.05, 0) is 57.2 Å². The van der Waals surface area contributed by atoms with Crippen molar-refractivity contribution in [3.05, 3.63) is 60.2 Å². The van der Waals surface area contributed by atoms with E-state index in [1.165, 1.54) is 16.7 Å². The van der Waals surface area contributed by atoms with Crippen LogP contribution in [0.5, 0.6) is 0 Å². The number of hydrogen-bond donors (Lipinski definition) is 1. The van der Waals surface area contributed by atoms with Crippen molar-refractivity contribution in [1.29, 1.82) is 0 Å². The van der Waals surface area contributed by atoms with Crippen LogP contribution in [0.4, 0.5) is 5.69 Å². The standard InChI is InChI=1S/C29H38N2O5S/c1-20(2)18-35-28(34)22(16-15-21-11-7-6-8-12-21)30-23-19-37-25-14-10-9-13-24(25)31(27(23)33)17-26(32)36-29(3,4)5/h6-14,20,22-23,30H,15-19H2,1-5H3/t22-,23?/m1/s1. The molecule has 1 N–H and O–H groups in total. The van der Waals surface area contributed by atoms with Crippen LogP contribution in [0.3, 0.4) is 0 Å². The molecular formula is C29H38N2O5S.